The number of carbonyl (C=O) groups excluding carboxylic acids is 1. The average molecular weight is 357 g/mol. The molecule has 0 aliphatic rings. The van der Waals surface area contributed by atoms with Crippen molar-refractivity contribution in [2.24, 2.45) is 0 Å². The Labute approximate surface area is 149 Å². The maximum absolute atomic E-state index is 12.9. The Bertz CT molecular complexity index is 947. The van der Waals surface area contributed by atoms with Crippen LogP contribution in [0.25, 0.3) is 21.3 Å². The maximum Gasteiger partial charge on any atom is 0.281 e. The third-order valence-corrected chi connectivity index (χ3v) is 4.69. The van der Waals surface area contributed by atoms with Crippen molar-refractivity contribution in [1.82, 2.24) is 9.66 Å². The van der Waals surface area contributed by atoms with Gasteiger partial charge in [-0.1, -0.05) is 37.3 Å². The topological polar surface area (TPSA) is 73.2 Å². The first-order valence-corrected chi connectivity index (χ1v) is 8.87. The molecule has 0 aliphatic heterocycles. The summed E-state index contributed by atoms with van der Waals surface area (Å²) < 4.78 is 6.32. The van der Waals surface area contributed by atoms with Crippen molar-refractivity contribution in [3.8, 4) is 11.1 Å². The molecule has 0 spiro atoms. The zero-order chi connectivity index (χ0) is 17.8. The van der Waals surface area contributed by atoms with Gasteiger partial charge in [0.25, 0.3) is 11.5 Å². The van der Waals surface area contributed by atoms with E-state index in [1.54, 1.807) is 0 Å². The zero-order valence-electron chi connectivity index (χ0n) is 14.1. The third-order valence-electron chi connectivity index (χ3n) is 3.68. The van der Waals surface area contributed by atoms with E-state index in [0.29, 0.717) is 16.8 Å². The zero-order valence-corrected chi connectivity index (χ0v) is 14.9. The van der Waals surface area contributed by atoms with Crippen LogP contribution in [0.15, 0.2) is 41.5 Å². The number of hydrogen-bond donors (Lipinski definition) is 1. The molecule has 0 unspecified atom stereocenters. The first-order valence-electron chi connectivity index (χ1n) is 8.05. The molecule has 0 bridgehead atoms. The molecule has 0 fully saturated rings. The van der Waals surface area contributed by atoms with Gasteiger partial charge in [-0.25, -0.2) is 9.66 Å². The van der Waals surface area contributed by atoms with Gasteiger partial charge < -0.3 is 4.74 Å². The van der Waals surface area contributed by atoms with E-state index in [4.69, 9.17) is 4.74 Å². The van der Waals surface area contributed by atoms with Crippen LogP contribution in [-0.4, -0.2) is 28.8 Å². The molecule has 1 aromatic carbocycles. The summed E-state index contributed by atoms with van der Waals surface area (Å²) in [6, 6.07) is 9.71. The Kier molecular flexibility index (Phi) is 5.25. The summed E-state index contributed by atoms with van der Waals surface area (Å²) >= 11 is 1.47. The summed E-state index contributed by atoms with van der Waals surface area (Å²) in [6.07, 6.45) is 2.17. The van der Waals surface area contributed by atoms with Gasteiger partial charge in [0.2, 0.25) is 0 Å². The molecule has 0 radical (unpaired) electrons. The Morgan fingerprint density at radius 3 is 2.80 bits per heavy atom. The molecule has 2 aromatic heterocycles. The minimum Gasteiger partial charge on any atom is -0.372 e. The van der Waals surface area contributed by atoms with Crippen molar-refractivity contribution in [1.29, 1.82) is 0 Å². The van der Waals surface area contributed by atoms with Crippen molar-refractivity contribution < 1.29 is 9.53 Å². The first-order chi connectivity index (χ1) is 12.1. The molecule has 1 N–H and O–H groups in total. The molecule has 130 valence electrons. The number of carbonyl (C=O) groups is 1. The molecular weight excluding hydrogens is 338 g/mol. The highest BCUT2D eigenvalue weighted by molar-refractivity contribution is 7.19. The van der Waals surface area contributed by atoms with Gasteiger partial charge in [-0.2, -0.15) is 0 Å². The van der Waals surface area contributed by atoms with Crippen LogP contribution in [0.4, 0.5) is 0 Å². The molecule has 0 aliphatic carbocycles. The molecular formula is C18H19N3O3S. The molecule has 7 heteroatoms. The summed E-state index contributed by atoms with van der Waals surface area (Å²) in [5.74, 6) is -0.384. The van der Waals surface area contributed by atoms with Crippen molar-refractivity contribution in [2.45, 2.75) is 20.3 Å². The van der Waals surface area contributed by atoms with E-state index in [1.165, 1.54) is 17.7 Å². The number of aromatic nitrogens is 2. The second-order valence-electron chi connectivity index (χ2n) is 5.59. The lowest BCUT2D eigenvalue weighted by molar-refractivity contribution is -0.121. The average Bonchev–Trinajstić information content (AvgIpc) is 2.95. The van der Waals surface area contributed by atoms with E-state index in [2.05, 4.69) is 10.4 Å². The van der Waals surface area contributed by atoms with Crippen LogP contribution in [0.3, 0.4) is 0 Å². The summed E-state index contributed by atoms with van der Waals surface area (Å²) in [5, 5.41) is 0.519. The summed E-state index contributed by atoms with van der Waals surface area (Å²) in [7, 11) is 0. The van der Waals surface area contributed by atoms with Gasteiger partial charge in [0.05, 0.1) is 5.39 Å². The number of thiophene rings is 1. The van der Waals surface area contributed by atoms with Crippen LogP contribution in [-0.2, 0) is 9.53 Å². The van der Waals surface area contributed by atoms with E-state index >= 15 is 0 Å². The van der Waals surface area contributed by atoms with E-state index in [1.807, 2.05) is 44.2 Å². The van der Waals surface area contributed by atoms with Crippen LogP contribution in [0, 0.1) is 6.92 Å². The Morgan fingerprint density at radius 1 is 1.32 bits per heavy atom. The van der Waals surface area contributed by atoms with Crippen molar-refractivity contribution in [2.75, 3.05) is 18.6 Å². The number of fused-ring (bicyclic) bond motifs is 1. The Morgan fingerprint density at radius 2 is 2.08 bits per heavy atom. The number of rotatable bonds is 6. The van der Waals surface area contributed by atoms with Crippen LogP contribution in [0.1, 0.15) is 18.2 Å². The monoisotopic (exact) mass is 357 g/mol. The maximum atomic E-state index is 12.9. The number of ether oxygens (including phenoxy) is 1. The molecule has 6 nitrogen and oxygen atoms in total. The second-order valence-corrected chi connectivity index (χ2v) is 6.79. The standard InChI is InChI=1S/C18H19N3O3S/c1-3-9-24-10-14(22)20-21-11-19-17-16(18(21)23)15(12(2)25-17)13-7-5-4-6-8-13/h4-8,11H,3,9-10H2,1-2H3,(H,20,22). The number of amides is 1. The second kappa shape index (κ2) is 7.58. The van der Waals surface area contributed by atoms with Gasteiger partial charge in [0.15, 0.2) is 0 Å². The fraction of sp³-hybridized carbons (Fsp3) is 0.278. The smallest absolute Gasteiger partial charge is 0.281 e. The van der Waals surface area contributed by atoms with Gasteiger partial charge in [-0.3, -0.25) is 15.0 Å². The number of nitrogens with zero attached hydrogens (tertiary/aromatic N) is 2. The highest BCUT2D eigenvalue weighted by Gasteiger charge is 2.17. The Balaban J connectivity index is 1.99. The number of benzene rings is 1. The molecule has 3 rings (SSSR count). The minimum atomic E-state index is -0.384. The van der Waals surface area contributed by atoms with Crippen molar-refractivity contribution >= 4 is 27.5 Å². The van der Waals surface area contributed by atoms with E-state index < -0.39 is 0 Å². The predicted octanol–water partition coefficient (Wildman–Crippen LogP) is 2.93. The van der Waals surface area contributed by atoms with Gasteiger partial charge in [0.1, 0.15) is 17.8 Å². The van der Waals surface area contributed by atoms with E-state index in [0.717, 1.165) is 27.1 Å². The SMILES string of the molecule is CCCOCC(=O)Nn1cnc2sc(C)c(-c3ccccc3)c2c1=O. The lowest BCUT2D eigenvalue weighted by Gasteiger charge is -2.08. The molecule has 0 saturated heterocycles. The summed E-state index contributed by atoms with van der Waals surface area (Å²) in [6.45, 7) is 4.34. The van der Waals surface area contributed by atoms with Gasteiger partial charge in [0, 0.05) is 17.0 Å². The predicted molar refractivity (Wildman–Crippen MR) is 99.5 cm³/mol. The largest absolute Gasteiger partial charge is 0.372 e. The summed E-state index contributed by atoms with van der Waals surface area (Å²) in [5.41, 5.74) is 4.06. The van der Waals surface area contributed by atoms with E-state index in [-0.39, 0.29) is 18.1 Å². The minimum absolute atomic E-state index is 0.0907. The van der Waals surface area contributed by atoms with Gasteiger partial charge >= 0.3 is 0 Å². The molecule has 3 aromatic rings. The van der Waals surface area contributed by atoms with Gasteiger partial charge in [-0.05, 0) is 18.9 Å². The van der Waals surface area contributed by atoms with Crippen LogP contribution in [0.5, 0.6) is 0 Å². The van der Waals surface area contributed by atoms with Crippen LogP contribution in [0.2, 0.25) is 0 Å². The number of aryl methyl sites for hydroxylation is 1. The lowest BCUT2D eigenvalue weighted by Crippen LogP contribution is -2.35. The molecule has 0 atom stereocenters. The van der Waals surface area contributed by atoms with Crippen molar-refractivity contribution in [3.63, 3.8) is 0 Å². The quantitative estimate of drug-likeness (QED) is 0.689. The number of hydrogen-bond acceptors (Lipinski definition) is 5. The first kappa shape index (κ1) is 17.3. The molecule has 1 amide bonds. The van der Waals surface area contributed by atoms with Crippen LogP contribution >= 0.6 is 11.3 Å². The van der Waals surface area contributed by atoms with Gasteiger partial charge in [-0.15, -0.1) is 11.3 Å². The third kappa shape index (κ3) is 3.62. The number of nitrogens with one attached hydrogen (secondary N) is 1. The Hall–Kier alpha value is -2.51. The van der Waals surface area contributed by atoms with Crippen molar-refractivity contribution in [3.05, 3.63) is 51.9 Å². The molecule has 2 heterocycles. The highest BCUT2D eigenvalue weighted by atomic mass is 32.1. The molecule has 0 saturated carbocycles. The fourth-order valence-electron chi connectivity index (χ4n) is 2.61. The van der Waals surface area contributed by atoms with Crippen LogP contribution < -0.4 is 11.0 Å². The highest BCUT2D eigenvalue weighted by Crippen LogP contribution is 2.35. The lowest BCUT2D eigenvalue weighted by atomic mass is 10.0. The molecule has 25 heavy (non-hydrogen) atoms. The van der Waals surface area contributed by atoms with E-state index in [9.17, 15) is 9.59 Å². The fourth-order valence-corrected chi connectivity index (χ4v) is 3.61. The summed E-state index contributed by atoms with van der Waals surface area (Å²) in [4.78, 5) is 30.8. The normalized spacial score (nSPS) is 11.0.